The van der Waals surface area contributed by atoms with Crippen molar-refractivity contribution in [2.75, 3.05) is 52.2 Å². The molecule has 0 aliphatic carbocycles. The van der Waals surface area contributed by atoms with Crippen LogP contribution in [0, 0.1) is 11.8 Å². The molecule has 3 aromatic rings. The van der Waals surface area contributed by atoms with E-state index in [2.05, 4.69) is 44.9 Å². The van der Waals surface area contributed by atoms with Crippen molar-refractivity contribution in [3.63, 3.8) is 0 Å². The molecule has 4 heterocycles. The summed E-state index contributed by atoms with van der Waals surface area (Å²) in [5.74, 6) is 6.61. The van der Waals surface area contributed by atoms with E-state index in [1.54, 1.807) is 4.31 Å². The average molecular weight is 608 g/mol. The molecule has 0 radical (unpaired) electrons. The van der Waals surface area contributed by atoms with Crippen LogP contribution in [0.1, 0.15) is 46.4 Å². The Labute approximate surface area is 254 Å². The van der Waals surface area contributed by atoms with Gasteiger partial charge >= 0.3 is 0 Å². The lowest BCUT2D eigenvalue weighted by Crippen LogP contribution is -2.37. The number of hydrogen-bond acceptors (Lipinski definition) is 6. The van der Waals surface area contributed by atoms with Crippen LogP contribution in [0.4, 0.5) is 0 Å². The summed E-state index contributed by atoms with van der Waals surface area (Å²) in [5, 5.41) is 9.12. The van der Waals surface area contributed by atoms with Gasteiger partial charge < -0.3 is 10.1 Å². The van der Waals surface area contributed by atoms with E-state index in [0.717, 1.165) is 105 Å². The van der Waals surface area contributed by atoms with E-state index in [0.29, 0.717) is 24.5 Å². The van der Waals surface area contributed by atoms with Gasteiger partial charge in [-0.3, -0.25) is 9.58 Å². The second-order valence-electron chi connectivity index (χ2n) is 11.4. The number of hydrogen-bond donors (Lipinski definition) is 1. The summed E-state index contributed by atoms with van der Waals surface area (Å²) >= 11 is 6.62. The van der Waals surface area contributed by atoms with Crippen LogP contribution in [0.5, 0.6) is 0 Å². The van der Waals surface area contributed by atoms with Crippen LogP contribution >= 0.6 is 11.6 Å². The monoisotopic (exact) mass is 607 g/mol. The molecular weight excluding hydrogens is 570 g/mol. The summed E-state index contributed by atoms with van der Waals surface area (Å²) < 4.78 is 34.1. The number of nitrogens with one attached hydrogen (secondary N) is 1. The van der Waals surface area contributed by atoms with Crippen LogP contribution in [-0.4, -0.2) is 79.6 Å². The lowest BCUT2D eigenvalue weighted by Gasteiger charge is -2.27. The number of morpholine rings is 1. The highest BCUT2D eigenvalue weighted by Gasteiger charge is 2.30. The largest absolute Gasteiger partial charge is 0.379 e. The Morgan fingerprint density at radius 2 is 1.88 bits per heavy atom. The first-order chi connectivity index (χ1) is 20.3. The van der Waals surface area contributed by atoms with E-state index in [1.165, 1.54) is 17.4 Å². The molecule has 0 amide bonds. The van der Waals surface area contributed by atoms with Crippen LogP contribution in [0.3, 0.4) is 0 Å². The number of nitrogens with zero attached hydrogens (tertiary/aromatic N) is 4. The van der Waals surface area contributed by atoms with Gasteiger partial charge in [0.1, 0.15) is 0 Å². The smallest absolute Gasteiger partial charge is 0.211 e. The molecule has 1 saturated heterocycles. The first-order valence-corrected chi connectivity index (χ1v) is 17.1. The van der Waals surface area contributed by atoms with E-state index < -0.39 is 10.0 Å². The van der Waals surface area contributed by atoms with Gasteiger partial charge in [0.25, 0.3) is 0 Å². The Morgan fingerprint density at radius 3 is 2.71 bits per heavy atom. The Bertz CT molecular complexity index is 1620. The zero-order valence-electron chi connectivity index (χ0n) is 24.2. The second-order valence-corrected chi connectivity index (χ2v) is 13.7. The number of sulfonamides is 1. The van der Waals surface area contributed by atoms with Crippen molar-refractivity contribution in [1.29, 1.82) is 0 Å². The normalized spacial score (nSPS) is 18.0. The van der Waals surface area contributed by atoms with Gasteiger partial charge in [-0.25, -0.2) is 8.42 Å². The third kappa shape index (κ3) is 6.75. The average Bonchev–Trinajstić information content (AvgIpc) is 3.18. The van der Waals surface area contributed by atoms with Crippen molar-refractivity contribution < 1.29 is 13.2 Å². The highest BCUT2D eigenvalue weighted by atomic mass is 35.5. The first-order valence-electron chi connectivity index (χ1n) is 14.8. The fraction of sp³-hybridized carbons (Fsp3) is 0.469. The maximum absolute atomic E-state index is 12.5. The summed E-state index contributed by atoms with van der Waals surface area (Å²) in [7, 11) is -3.32. The van der Waals surface area contributed by atoms with Crippen LogP contribution in [0.15, 0.2) is 36.4 Å². The molecule has 1 fully saturated rings. The summed E-state index contributed by atoms with van der Waals surface area (Å²) in [5.41, 5.74) is 8.18. The van der Waals surface area contributed by atoms with E-state index in [9.17, 15) is 8.42 Å². The zero-order valence-corrected chi connectivity index (χ0v) is 25.7. The van der Waals surface area contributed by atoms with Gasteiger partial charge in [-0.1, -0.05) is 35.6 Å². The molecule has 42 heavy (non-hydrogen) atoms. The Balaban J connectivity index is 1.29. The quantitative estimate of drug-likeness (QED) is 0.431. The van der Waals surface area contributed by atoms with Gasteiger partial charge in [0.05, 0.1) is 30.2 Å². The molecule has 10 heteroatoms. The molecule has 1 aromatic heterocycles. The second kappa shape index (κ2) is 12.9. The maximum Gasteiger partial charge on any atom is 0.211 e. The van der Waals surface area contributed by atoms with Gasteiger partial charge in [0.15, 0.2) is 0 Å². The number of rotatable bonds is 6. The van der Waals surface area contributed by atoms with Crippen molar-refractivity contribution in [3.8, 4) is 23.1 Å². The van der Waals surface area contributed by atoms with Crippen molar-refractivity contribution >= 4 is 21.6 Å². The fourth-order valence-corrected chi connectivity index (χ4v) is 7.03. The molecule has 0 saturated carbocycles. The Morgan fingerprint density at radius 1 is 1.02 bits per heavy atom. The lowest BCUT2D eigenvalue weighted by atomic mass is 10.00. The molecule has 6 rings (SSSR count). The lowest BCUT2D eigenvalue weighted by molar-refractivity contribution is 0.0368. The third-order valence-corrected chi connectivity index (χ3v) is 10.00. The number of benzene rings is 2. The molecule has 0 unspecified atom stereocenters. The standard InChI is InChI=1S/C32H38ClN5O3S/c1-42(39,40)37-15-11-31-29(23-37)32(35-38(31)14-3-13-36-16-18-41-19-17-36)27-9-10-30(33)26(21-27)8-6-24-5-7-25-4-2-12-34-22-28(25)20-24/h5,7,9-10,20-21,34H,2-4,11-19,22-23H2,1H3. The third-order valence-electron chi connectivity index (χ3n) is 8.42. The van der Waals surface area contributed by atoms with Gasteiger partial charge in [-0.2, -0.15) is 9.40 Å². The number of fused-ring (bicyclic) bond motifs is 2. The van der Waals surface area contributed by atoms with E-state index in [1.807, 2.05) is 18.2 Å². The molecule has 3 aliphatic heterocycles. The van der Waals surface area contributed by atoms with E-state index >= 15 is 0 Å². The molecule has 0 spiro atoms. The highest BCUT2D eigenvalue weighted by molar-refractivity contribution is 7.88. The molecule has 1 N–H and O–H groups in total. The van der Waals surface area contributed by atoms with Crippen LogP contribution in [0.2, 0.25) is 5.02 Å². The number of aryl methyl sites for hydroxylation is 2. The predicted octanol–water partition coefficient (Wildman–Crippen LogP) is 3.68. The predicted molar refractivity (Wildman–Crippen MR) is 166 cm³/mol. The molecule has 0 bridgehead atoms. The van der Waals surface area contributed by atoms with Gasteiger partial charge in [0.2, 0.25) is 10.0 Å². The molecule has 222 valence electrons. The van der Waals surface area contributed by atoms with Crippen LogP contribution < -0.4 is 5.32 Å². The SMILES string of the molecule is CS(=O)(=O)N1CCc2c(c(-c3ccc(Cl)c(C#Cc4ccc5c(c4)CNCCC5)c3)nn2CCCN2CCOCC2)C1. The van der Waals surface area contributed by atoms with E-state index in [-0.39, 0.29) is 0 Å². The van der Waals surface area contributed by atoms with Crippen LogP contribution in [-0.2, 0) is 47.2 Å². The number of halogens is 1. The molecule has 3 aliphatic rings. The minimum Gasteiger partial charge on any atom is -0.379 e. The van der Waals surface area contributed by atoms with Crippen LogP contribution in [0.25, 0.3) is 11.3 Å². The molecule has 0 atom stereocenters. The molecule has 2 aromatic carbocycles. The summed E-state index contributed by atoms with van der Waals surface area (Å²) in [6.07, 6.45) is 5.12. The van der Waals surface area contributed by atoms with Gasteiger partial charge in [-0.05, 0) is 61.2 Å². The van der Waals surface area contributed by atoms with Gasteiger partial charge in [0, 0.05) is 80.2 Å². The minimum absolute atomic E-state index is 0.319. The van der Waals surface area contributed by atoms with Crippen molar-refractivity contribution in [1.82, 2.24) is 24.3 Å². The first kappa shape index (κ1) is 29.4. The summed E-state index contributed by atoms with van der Waals surface area (Å²) in [4.78, 5) is 2.43. The maximum atomic E-state index is 12.5. The molecular formula is C32H38ClN5O3S. The van der Waals surface area contributed by atoms with Crippen molar-refractivity contribution in [3.05, 3.63) is 74.9 Å². The molecule has 8 nitrogen and oxygen atoms in total. The van der Waals surface area contributed by atoms with Crippen molar-refractivity contribution in [2.45, 2.75) is 45.3 Å². The fourth-order valence-electron chi connectivity index (χ4n) is 6.08. The number of aromatic nitrogens is 2. The van der Waals surface area contributed by atoms with E-state index in [4.69, 9.17) is 21.4 Å². The Hall–Kier alpha value is -2.71. The Kier molecular flexibility index (Phi) is 9.01. The topological polar surface area (TPSA) is 79.7 Å². The van der Waals surface area contributed by atoms with Gasteiger partial charge in [-0.15, -0.1) is 0 Å². The minimum atomic E-state index is -3.32. The zero-order chi connectivity index (χ0) is 29.1. The highest BCUT2D eigenvalue weighted by Crippen LogP contribution is 2.33. The number of ether oxygens (including phenoxy) is 1. The summed E-state index contributed by atoms with van der Waals surface area (Å²) in [6, 6.07) is 12.3. The van der Waals surface area contributed by atoms with Crippen molar-refractivity contribution in [2.24, 2.45) is 0 Å². The summed E-state index contributed by atoms with van der Waals surface area (Å²) in [6.45, 7) is 7.95.